The van der Waals surface area contributed by atoms with Crippen molar-refractivity contribution in [1.82, 2.24) is 0 Å². The van der Waals surface area contributed by atoms with E-state index >= 15 is 0 Å². The van der Waals surface area contributed by atoms with E-state index in [1.165, 1.54) is 5.56 Å². The zero-order valence-electron chi connectivity index (χ0n) is 9.40. The first-order chi connectivity index (χ1) is 7.23. The van der Waals surface area contributed by atoms with E-state index in [-0.39, 0.29) is 5.41 Å². The molecule has 0 heteroatoms. The maximum atomic E-state index is 3.48. The molecule has 0 N–H and O–H groups in total. The number of rotatable bonds is 2. The first-order valence-electron chi connectivity index (χ1n) is 5.59. The molecule has 1 aliphatic carbocycles. The van der Waals surface area contributed by atoms with Gasteiger partial charge in [0.15, 0.2) is 0 Å². The Morgan fingerprint density at radius 2 is 2.00 bits per heavy atom. The molecule has 1 aliphatic rings. The summed E-state index contributed by atoms with van der Waals surface area (Å²) in [5, 5.41) is 0. The fraction of sp³-hybridized carbons (Fsp3) is 0.333. The van der Waals surface area contributed by atoms with Crippen LogP contribution in [0.2, 0.25) is 0 Å². The van der Waals surface area contributed by atoms with Gasteiger partial charge >= 0.3 is 0 Å². The van der Waals surface area contributed by atoms with Crippen molar-refractivity contribution in [2.24, 2.45) is 5.41 Å². The molecule has 0 nitrogen and oxygen atoms in total. The van der Waals surface area contributed by atoms with Crippen LogP contribution < -0.4 is 0 Å². The monoisotopic (exact) mass is 197 g/mol. The zero-order chi connectivity index (χ0) is 10.7. The van der Waals surface area contributed by atoms with Crippen LogP contribution in [0.3, 0.4) is 0 Å². The van der Waals surface area contributed by atoms with Crippen molar-refractivity contribution >= 4 is 0 Å². The maximum Gasteiger partial charge on any atom is 0.0205 e. The summed E-state index contributed by atoms with van der Waals surface area (Å²) < 4.78 is 0. The van der Waals surface area contributed by atoms with Crippen LogP contribution in [0.15, 0.2) is 48.6 Å². The van der Waals surface area contributed by atoms with Gasteiger partial charge < -0.3 is 0 Å². The summed E-state index contributed by atoms with van der Waals surface area (Å²) in [4.78, 5) is 0. The summed E-state index contributed by atoms with van der Waals surface area (Å²) >= 11 is 0. The van der Waals surface area contributed by atoms with Crippen LogP contribution in [-0.4, -0.2) is 0 Å². The van der Waals surface area contributed by atoms with Gasteiger partial charge in [0.1, 0.15) is 0 Å². The van der Waals surface area contributed by atoms with Gasteiger partial charge in [0.05, 0.1) is 0 Å². The van der Waals surface area contributed by atoms with Gasteiger partial charge in [-0.3, -0.25) is 0 Å². The Labute approximate surface area is 92.3 Å². The Morgan fingerprint density at radius 1 is 1.27 bits per heavy atom. The van der Waals surface area contributed by atoms with Gasteiger partial charge in [-0.2, -0.15) is 0 Å². The standard InChI is InChI=1S/C15H17/c1-3-15(2)11-9-14(10-12-15)13-7-5-4-6-8-13/h4-11,14H,3H2,1-2H3. The van der Waals surface area contributed by atoms with Crippen molar-refractivity contribution in [2.75, 3.05) is 0 Å². The maximum absolute atomic E-state index is 3.48. The third kappa shape index (κ3) is 2.20. The van der Waals surface area contributed by atoms with E-state index in [0.717, 1.165) is 6.42 Å². The average molecular weight is 197 g/mol. The Balaban J connectivity index is 2.18. The molecule has 2 rings (SSSR count). The molecular weight excluding hydrogens is 180 g/mol. The Hall–Kier alpha value is -1.30. The molecule has 0 aliphatic heterocycles. The lowest BCUT2D eigenvalue weighted by atomic mass is 9.80. The highest BCUT2D eigenvalue weighted by Gasteiger charge is 2.20. The third-order valence-corrected chi connectivity index (χ3v) is 3.18. The number of allylic oxidation sites excluding steroid dienone is 4. The minimum Gasteiger partial charge on any atom is -0.0773 e. The fourth-order valence-electron chi connectivity index (χ4n) is 1.80. The van der Waals surface area contributed by atoms with Gasteiger partial charge in [-0.1, -0.05) is 62.4 Å². The van der Waals surface area contributed by atoms with Crippen molar-refractivity contribution in [3.05, 3.63) is 60.2 Å². The van der Waals surface area contributed by atoms with Crippen LogP contribution in [-0.2, 0) is 0 Å². The van der Waals surface area contributed by atoms with Gasteiger partial charge in [-0.05, 0) is 18.1 Å². The molecular formula is C15H17. The predicted molar refractivity (Wildman–Crippen MR) is 64.5 cm³/mol. The first kappa shape index (κ1) is 10.2. The molecule has 15 heavy (non-hydrogen) atoms. The van der Waals surface area contributed by atoms with E-state index in [9.17, 15) is 0 Å². The van der Waals surface area contributed by atoms with Gasteiger partial charge in [0, 0.05) is 11.3 Å². The molecule has 0 heterocycles. The molecule has 0 bridgehead atoms. The van der Waals surface area contributed by atoms with E-state index in [1.54, 1.807) is 0 Å². The van der Waals surface area contributed by atoms with Gasteiger partial charge in [0.25, 0.3) is 0 Å². The van der Waals surface area contributed by atoms with Crippen molar-refractivity contribution in [2.45, 2.75) is 26.2 Å². The van der Waals surface area contributed by atoms with Gasteiger partial charge in [0.2, 0.25) is 0 Å². The lowest BCUT2D eigenvalue weighted by Crippen LogP contribution is -2.12. The van der Waals surface area contributed by atoms with Crippen molar-refractivity contribution in [3.63, 3.8) is 0 Å². The summed E-state index contributed by atoms with van der Waals surface area (Å²) in [5.41, 5.74) is 1.49. The van der Waals surface area contributed by atoms with E-state index in [2.05, 4.69) is 68.5 Å². The van der Waals surface area contributed by atoms with E-state index in [4.69, 9.17) is 0 Å². The van der Waals surface area contributed by atoms with Crippen molar-refractivity contribution in [1.29, 1.82) is 0 Å². The molecule has 77 valence electrons. The molecule has 2 unspecified atom stereocenters. The van der Waals surface area contributed by atoms with Crippen molar-refractivity contribution < 1.29 is 0 Å². The first-order valence-corrected chi connectivity index (χ1v) is 5.59. The molecule has 0 fully saturated rings. The highest BCUT2D eigenvalue weighted by atomic mass is 14.2. The van der Waals surface area contributed by atoms with Crippen molar-refractivity contribution in [3.8, 4) is 0 Å². The predicted octanol–water partition coefficient (Wildman–Crippen LogP) is 4.12. The second kappa shape index (κ2) is 4.06. The smallest absolute Gasteiger partial charge is 0.0205 e. The summed E-state index contributed by atoms with van der Waals surface area (Å²) in [5.74, 6) is 0.408. The van der Waals surface area contributed by atoms with E-state index in [1.807, 2.05) is 0 Å². The number of hydrogen-bond acceptors (Lipinski definition) is 0. The molecule has 0 aromatic heterocycles. The Bertz CT molecular complexity index is 356. The Kier molecular flexibility index (Phi) is 2.77. The minimum atomic E-state index is 0.144. The van der Waals surface area contributed by atoms with Gasteiger partial charge in [-0.25, -0.2) is 0 Å². The molecule has 1 radical (unpaired) electrons. The second-order valence-electron chi connectivity index (χ2n) is 4.38. The van der Waals surface area contributed by atoms with Crippen LogP contribution in [0.1, 0.15) is 31.7 Å². The normalized spacial score (nSPS) is 29.3. The lowest BCUT2D eigenvalue weighted by molar-refractivity contribution is 0.501. The van der Waals surface area contributed by atoms with Crippen LogP contribution in [0.5, 0.6) is 0 Å². The molecule has 2 atom stereocenters. The summed E-state index contributed by atoms with van der Waals surface area (Å²) in [7, 11) is 0. The average Bonchev–Trinajstić information content (AvgIpc) is 2.31. The second-order valence-corrected chi connectivity index (χ2v) is 4.38. The molecule has 0 spiro atoms. The number of benzene rings is 1. The molecule has 0 saturated heterocycles. The molecule has 0 saturated carbocycles. The highest BCUT2D eigenvalue weighted by molar-refractivity contribution is 5.31. The van der Waals surface area contributed by atoms with Crippen LogP contribution in [0.25, 0.3) is 0 Å². The SMILES string of the molecule is CCC1(C)[C]=CC(c2ccccc2)C=C1. The van der Waals surface area contributed by atoms with E-state index < -0.39 is 0 Å². The third-order valence-electron chi connectivity index (χ3n) is 3.18. The Morgan fingerprint density at radius 3 is 2.53 bits per heavy atom. The number of hydrogen-bond donors (Lipinski definition) is 0. The minimum absolute atomic E-state index is 0.144. The molecule has 1 aromatic carbocycles. The fourth-order valence-corrected chi connectivity index (χ4v) is 1.80. The summed E-state index contributed by atoms with van der Waals surface area (Å²) in [6.07, 6.45) is 11.4. The lowest BCUT2D eigenvalue weighted by Gasteiger charge is -2.24. The van der Waals surface area contributed by atoms with Gasteiger partial charge in [-0.15, -0.1) is 0 Å². The van der Waals surface area contributed by atoms with E-state index in [0.29, 0.717) is 5.92 Å². The molecule has 0 amide bonds. The molecule has 1 aromatic rings. The zero-order valence-corrected chi connectivity index (χ0v) is 9.40. The highest BCUT2D eigenvalue weighted by Crippen LogP contribution is 2.32. The summed E-state index contributed by atoms with van der Waals surface area (Å²) in [6, 6.07) is 10.6. The van der Waals surface area contributed by atoms with Crippen LogP contribution in [0, 0.1) is 11.5 Å². The quantitative estimate of drug-likeness (QED) is 0.626. The topological polar surface area (TPSA) is 0 Å². The van der Waals surface area contributed by atoms with Crippen LogP contribution in [0.4, 0.5) is 0 Å². The summed E-state index contributed by atoms with van der Waals surface area (Å²) in [6.45, 7) is 4.43. The van der Waals surface area contributed by atoms with Crippen LogP contribution >= 0.6 is 0 Å². The largest absolute Gasteiger partial charge is 0.0773 e.